The average Bonchev–Trinajstić information content (AvgIpc) is 3.21. The van der Waals surface area contributed by atoms with Gasteiger partial charge in [-0.2, -0.15) is 0 Å². The van der Waals surface area contributed by atoms with Crippen LogP contribution in [0.1, 0.15) is 39.2 Å². The summed E-state index contributed by atoms with van der Waals surface area (Å²) in [5.74, 6) is 0.969. The molecule has 3 heteroatoms. The first kappa shape index (κ1) is 14.9. The van der Waals surface area contributed by atoms with Crippen molar-refractivity contribution < 1.29 is 0 Å². The van der Waals surface area contributed by atoms with Crippen LogP contribution in [-0.2, 0) is 6.42 Å². The van der Waals surface area contributed by atoms with Crippen molar-refractivity contribution >= 4 is 5.96 Å². The maximum atomic E-state index is 4.76. The number of rotatable bonds is 6. The van der Waals surface area contributed by atoms with Gasteiger partial charge < -0.3 is 10.6 Å². The number of guanidine groups is 1. The molecule has 0 atom stereocenters. The van der Waals surface area contributed by atoms with Gasteiger partial charge in [-0.05, 0) is 37.2 Å². The lowest BCUT2D eigenvalue weighted by atomic mass is 9.86. The highest BCUT2D eigenvalue weighted by atomic mass is 15.2. The monoisotopic (exact) mass is 273 g/mol. The Kier molecular flexibility index (Phi) is 5.05. The van der Waals surface area contributed by atoms with Crippen molar-refractivity contribution in [2.75, 3.05) is 13.1 Å². The quantitative estimate of drug-likeness (QED) is 0.617. The summed E-state index contributed by atoms with van der Waals surface area (Å²) in [6, 6.07) is 11.3. The fraction of sp³-hybridized carbons (Fsp3) is 0.588. The van der Waals surface area contributed by atoms with Gasteiger partial charge in [0.25, 0.3) is 0 Å². The van der Waals surface area contributed by atoms with Crippen LogP contribution in [0, 0.1) is 5.41 Å². The Balaban J connectivity index is 1.91. The second-order valence-electron chi connectivity index (χ2n) is 6.44. The molecule has 3 nitrogen and oxygen atoms in total. The molecular weight excluding hydrogens is 246 g/mol. The maximum Gasteiger partial charge on any atom is 0.191 e. The third-order valence-corrected chi connectivity index (χ3v) is 3.45. The Morgan fingerprint density at radius 2 is 1.95 bits per heavy atom. The summed E-state index contributed by atoms with van der Waals surface area (Å²) in [4.78, 5) is 4.76. The zero-order chi connectivity index (χ0) is 14.4. The van der Waals surface area contributed by atoms with Crippen molar-refractivity contribution in [1.82, 2.24) is 10.6 Å². The minimum absolute atomic E-state index is 0.174. The van der Waals surface area contributed by atoms with Gasteiger partial charge in [0, 0.05) is 19.1 Å². The zero-order valence-electron chi connectivity index (χ0n) is 12.9. The summed E-state index contributed by atoms with van der Waals surface area (Å²) >= 11 is 0. The van der Waals surface area contributed by atoms with E-state index in [4.69, 9.17) is 4.99 Å². The molecule has 1 aliphatic carbocycles. The van der Waals surface area contributed by atoms with Crippen LogP contribution < -0.4 is 10.6 Å². The summed E-state index contributed by atoms with van der Waals surface area (Å²) < 4.78 is 0. The van der Waals surface area contributed by atoms with E-state index in [-0.39, 0.29) is 5.41 Å². The lowest BCUT2D eigenvalue weighted by Crippen LogP contribution is -2.39. The van der Waals surface area contributed by atoms with E-state index < -0.39 is 0 Å². The van der Waals surface area contributed by atoms with Gasteiger partial charge in [0.2, 0.25) is 0 Å². The van der Waals surface area contributed by atoms with E-state index in [9.17, 15) is 0 Å². The van der Waals surface area contributed by atoms with Crippen molar-refractivity contribution in [1.29, 1.82) is 0 Å². The predicted molar refractivity (Wildman–Crippen MR) is 86.1 cm³/mol. The lowest BCUT2D eigenvalue weighted by Gasteiger charge is -2.23. The number of nitrogens with one attached hydrogen (secondary N) is 2. The first-order valence-corrected chi connectivity index (χ1v) is 7.68. The van der Waals surface area contributed by atoms with E-state index >= 15 is 0 Å². The van der Waals surface area contributed by atoms with Crippen molar-refractivity contribution in [2.24, 2.45) is 10.4 Å². The van der Waals surface area contributed by atoms with Crippen LogP contribution in [-0.4, -0.2) is 25.1 Å². The Morgan fingerprint density at radius 1 is 1.25 bits per heavy atom. The van der Waals surface area contributed by atoms with Crippen molar-refractivity contribution in [3.05, 3.63) is 35.9 Å². The van der Waals surface area contributed by atoms with Gasteiger partial charge >= 0.3 is 0 Å². The second kappa shape index (κ2) is 6.78. The van der Waals surface area contributed by atoms with Gasteiger partial charge in [0.05, 0.1) is 0 Å². The zero-order valence-corrected chi connectivity index (χ0v) is 12.9. The Morgan fingerprint density at radius 3 is 2.55 bits per heavy atom. The molecule has 110 valence electrons. The molecule has 0 aliphatic heterocycles. The normalized spacial score (nSPS) is 16.1. The van der Waals surface area contributed by atoms with E-state index in [1.165, 1.54) is 18.4 Å². The van der Waals surface area contributed by atoms with Crippen molar-refractivity contribution in [3.8, 4) is 0 Å². The number of hydrogen-bond acceptors (Lipinski definition) is 1. The molecule has 0 amide bonds. The predicted octanol–water partition coefficient (Wildman–Crippen LogP) is 2.97. The molecule has 1 aliphatic rings. The van der Waals surface area contributed by atoms with E-state index in [0.29, 0.717) is 6.04 Å². The molecular formula is C17H27N3. The molecule has 0 aromatic heterocycles. The van der Waals surface area contributed by atoms with Crippen LogP contribution in [0.15, 0.2) is 35.3 Å². The Bertz CT molecular complexity index is 433. The SMILES string of the molecule is CCNC(=NCC(C)(C)Cc1ccccc1)NC1CC1. The highest BCUT2D eigenvalue weighted by Gasteiger charge is 2.23. The molecule has 0 radical (unpaired) electrons. The van der Waals surface area contributed by atoms with E-state index in [1.807, 2.05) is 0 Å². The number of hydrogen-bond donors (Lipinski definition) is 2. The molecule has 0 bridgehead atoms. The molecule has 1 aromatic carbocycles. The minimum Gasteiger partial charge on any atom is -0.357 e. The van der Waals surface area contributed by atoms with Gasteiger partial charge in [0.1, 0.15) is 0 Å². The van der Waals surface area contributed by atoms with Crippen LogP contribution in [0.4, 0.5) is 0 Å². The van der Waals surface area contributed by atoms with E-state index in [2.05, 4.69) is 61.7 Å². The molecule has 0 spiro atoms. The summed E-state index contributed by atoms with van der Waals surface area (Å²) in [6.07, 6.45) is 3.61. The fourth-order valence-electron chi connectivity index (χ4n) is 2.24. The highest BCUT2D eigenvalue weighted by Crippen LogP contribution is 2.22. The van der Waals surface area contributed by atoms with Crippen LogP contribution in [0.25, 0.3) is 0 Å². The van der Waals surface area contributed by atoms with Crippen molar-refractivity contribution in [2.45, 2.75) is 46.1 Å². The lowest BCUT2D eigenvalue weighted by molar-refractivity contribution is 0.377. The van der Waals surface area contributed by atoms with Gasteiger partial charge in [-0.1, -0.05) is 44.2 Å². The summed E-state index contributed by atoms with van der Waals surface area (Å²) in [6.45, 7) is 8.43. The molecule has 1 aromatic rings. The topological polar surface area (TPSA) is 36.4 Å². The van der Waals surface area contributed by atoms with Gasteiger partial charge in [-0.25, -0.2) is 0 Å². The molecule has 20 heavy (non-hydrogen) atoms. The Hall–Kier alpha value is -1.51. The first-order chi connectivity index (χ1) is 9.59. The van der Waals surface area contributed by atoms with E-state index in [0.717, 1.165) is 25.5 Å². The van der Waals surface area contributed by atoms with Crippen LogP contribution in [0.2, 0.25) is 0 Å². The van der Waals surface area contributed by atoms with E-state index in [1.54, 1.807) is 0 Å². The second-order valence-corrected chi connectivity index (χ2v) is 6.44. The van der Waals surface area contributed by atoms with Gasteiger partial charge in [-0.3, -0.25) is 4.99 Å². The minimum atomic E-state index is 0.174. The maximum absolute atomic E-state index is 4.76. The van der Waals surface area contributed by atoms with Gasteiger partial charge in [0.15, 0.2) is 5.96 Å². The molecule has 2 N–H and O–H groups in total. The molecule has 1 fully saturated rings. The fourth-order valence-corrected chi connectivity index (χ4v) is 2.24. The van der Waals surface area contributed by atoms with Gasteiger partial charge in [-0.15, -0.1) is 0 Å². The van der Waals surface area contributed by atoms with Crippen molar-refractivity contribution in [3.63, 3.8) is 0 Å². The van der Waals surface area contributed by atoms with Crippen LogP contribution in [0.3, 0.4) is 0 Å². The summed E-state index contributed by atoms with van der Waals surface area (Å²) in [5.41, 5.74) is 1.56. The number of aliphatic imine (C=N–C) groups is 1. The highest BCUT2D eigenvalue weighted by molar-refractivity contribution is 5.80. The largest absolute Gasteiger partial charge is 0.357 e. The number of nitrogens with zero attached hydrogens (tertiary/aromatic N) is 1. The third-order valence-electron chi connectivity index (χ3n) is 3.45. The summed E-state index contributed by atoms with van der Waals surface area (Å²) in [5, 5.41) is 6.80. The molecule has 0 unspecified atom stereocenters. The van der Waals surface area contributed by atoms with Crippen LogP contribution >= 0.6 is 0 Å². The standard InChI is InChI=1S/C17H27N3/c1-4-18-16(20-15-10-11-15)19-13-17(2,3)12-14-8-6-5-7-9-14/h5-9,15H,4,10-13H2,1-3H3,(H2,18,19,20). The number of benzene rings is 1. The molecule has 0 saturated heterocycles. The smallest absolute Gasteiger partial charge is 0.191 e. The van der Waals surface area contributed by atoms with Crippen LogP contribution in [0.5, 0.6) is 0 Å². The molecule has 0 heterocycles. The third kappa shape index (κ3) is 5.24. The summed E-state index contributed by atoms with van der Waals surface area (Å²) in [7, 11) is 0. The Labute approximate surface area is 122 Å². The molecule has 1 saturated carbocycles. The average molecular weight is 273 g/mol. The first-order valence-electron chi connectivity index (χ1n) is 7.68. The molecule has 2 rings (SSSR count).